The Morgan fingerprint density at radius 1 is 1.57 bits per heavy atom. The molecular weight excluding hydrogens is 304 g/mol. The summed E-state index contributed by atoms with van der Waals surface area (Å²) in [4.78, 5) is 5.58. The fraction of sp³-hybridized carbons (Fsp3) is 0.600. The van der Waals surface area contributed by atoms with E-state index in [4.69, 9.17) is 11.6 Å². The molecule has 0 saturated carbocycles. The zero-order valence-electron chi connectivity index (χ0n) is 13.3. The van der Waals surface area contributed by atoms with Crippen LogP contribution >= 0.6 is 23.5 Å². The van der Waals surface area contributed by atoms with E-state index < -0.39 is 0 Å². The maximum absolute atomic E-state index is 6.10. The van der Waals surface area contributed by atoms with Crippen LogP contribution in [0.2, 0.25) is 0 Å². The number of allylic oxidation sites excluding steroid dienone is 3. The number of hydrogen-bond donors (Lipinski definition) is 1. The second kappa shape index (κ2) is 9.90. The van der Waals surface area contributed by atoms with E-state index in [9.17, 15) is 0 Å². The van der Waals surface area contributed by atoms with Crippen molar-refractivity contribution in [3.05, 3.63) is 22.1 Å². The first kappa shape index (κ1) is 18.1. The first-order valence-electron chi connectivity index (χ1n) is 7.40. The maximum atomic E-state index is 6.10. The average molecular weight is 329 g/mol. The van der Waals surface area contributed by atoms with Gasteiger partial charge in [0.15, 0.2) is 0 Å². The lowest BCUT2D eigenvalue weighted by Crippen LogP contribution is -2.35. The van der Waals surface area contributed by atoms with Crippen LogP contribution in [0.25, 0.3) is 0 Å². The molecule has 0 spiro atoms. The molecule has 1 rings (SSSR count). The van der Waals surface area contributed by atoms with E-state index in [2.05, 4.69) is 28.7 Å². The molecule has 21 heavy (non-hydrogen) atoms. The number of hydrogen-bond acceptors (Lipinski definition) is 3. The second-order valence-corrected chi connectivity index (χ2v) is 6.24. The molecule has 1 unspecified atom stereocenters. The Balaban J connectivity index is 2.72. The number of guanidine groups is 1. The van der Waals surface area contributed by atoms with E-state index in [1.54, 1.807) is 0 Å². The van der Waals surface area contributed by atoms with E-state index in [0.717, 1.165) is 41.8 Å². The molecule has 6 heteroatoms. The molecule has 1 atom stereocenters. The first-order valence-corrected chi connectivity index (χ1v) is 8.59. The number of hydrazone groups is 1. The van der Waals surface area contributed by atoms with Crippen LogP contribution < -0.4 is 4.72 Å². The van der Waals surface area contributed by atoms with Crippen molar-refractivity contribution < 1.29 is 0 Å². The zero-order valence-corrected chi connectivity index (χ0v) is 14.8. The first-order chi connectivity index (χ1) is 10.1. The Hall–Kier alpha value is -0.940. The van der Waals surface area contributed by atoms with Gasteiger partial charge in [0, 0.05) is 28.6 Å². The quantitative estimate of drug-likeness (QED) is 0.341. The summed E-state index contributed by atoms with van der Waals surface area (Å²) in [6, 6.07) is 0. The average Bonchev–Trinajstić information content (AvgIpc) is 2.94. The Kier molecular flexibility index (Phi) is 8.54. The van der Waals surface area contributed by atoms with Crippen molar-refractivity contribution in [1.82, 2.24) is 9.73 Å². The highest BCUT2D eigenvalue weighted by molar-refractivity contribution is 8.02. The summed E-state index contributed by atoms with van der Waals surface area (Å²) in [5.41, 5.74) is 0. The minimum Gasteiger partial charge on any atom is -0.295 e. The number of aliphatic imine (C=N–C) groups is 1. The predicted molar refractivity (Wildman–Crippen MR) is 95.7 cm³/mol. The summed E-state index contributed by atoms with van der Waals surface area (Å²) in [6.45, 7) is 9.82. The van der Waals surface area contributed by atoms with Crippen LogP contribution in [0.3, 0.4) is 0 Å². The predicted octanol–water partition coefficient (Wildman–Crippen LogP) is 4.36. The topological polar surface area (TPSA) is 40.0 Å². The molecule has 0 radical (unpaired) electrons. The lowest BCUT2D eigenvalue weighted by atomic mass is 10.1. The highest BCUT2D eigenvalue weighted by atomic mass is 35.5. The Morgan fingerprint density at radius 2 is 2.33 bits per heavy atom. The van der Waals surface area contributed by atoms with Crippen molar-refractivity contribution in [1.29, 1.82) is 0 Å². The van der Waals surface area contributed by atoms with Gasteiger partial charge in [-0.2, -0.15) is 5.10 Å². The van der Waals surface area contributed by atoms with Crippen LogP contribution in [0.4, 0.5) is 0 Å². The molecule has 4 nitrogen and oxygen atoms in total. The zero-order chi connectivity index (χ0) is 15.7. The summed E-state index contributed by atoms with van der Waals surface area (Å²) >= 11 is 7.57. The molecule has 0 aliphatic carbocycles. The summed E-state index contributed by atoms with van der Waals surface area (Å²) in [6.07, 6.45) is 8.07. The van der Waals surface area contributed by atoms with Crippen LogP contribution in [0, 0.1) is 5.92 Å². The van der Waals surface area contributed by atoms with Gasteiger partial charge < -0.3 is 0 Å². The van der Waals surface area contributed by atoms with E-state index >= 15 is 0 Å². The molecule has 0 fully saturated rings. The van der Waals surface area contributed by atoms with Gasteiger partial charge in [-0.25, -0.2) is 5.01 Å². The van der Waals surface area contributed by atoms with Gasteiger partial charge in [-0.3, -0.25) is 9.71 Å². The largest absolute Gasteiger partial charge is 0.295 e. The number of halogens is 1. The lowest BCUT2D eigenvalue weighted by Gasteiger charge is -2.19. The van der Waals surface area contributed by atoms with Gasteiger partial charge in [0.05, 0.1) is 6.54 Å². The maximum Gasteiger partial charge on any atom is 0.225 e. The molecule has 0 bridgehead atoms. The van der Waals surface area contributed by atoms with E-state index in [1.807, 2.05) is 37.2 Å². The van der Waals surface area contributed by atoms with Gasteiger partial charge in [0.2, 0.25) is 5.96 Å². The number of rotatable bonds is 6. The molecule has 1 heterocycles. The normalized spacial score (nSPS) is 20.3. The Morgan fingerprint density at radius 3 is 2.86 bits per heavy atom. The third-order valence-corrected chi connectivity index (χ3v) is 4.25. The van der Waals surface area contributed by atoms with Crippen molar-refractivity contribution in [3.63, 3.8) is 0 Å². The van der Waals surface area contributed by atoms with Crippen LogP contribution in [0.1, 0.15) is 40.5 Å². The standard InChI is InChI=1S/C15H25ClN4S/c1-5-8-14(12(4)16)21-19-15(17-9-6-2)20-11-13(7-3)10-18-20/h5,8,10,13H,6-7,9,11H2,1-4H3,(H,17,19)/b8-5-,14-12-. The van der Waals surface area contributed by atoms with Gasteiger partial charge in [0.25, 0.3) is 0 Å². The van der Waals surface area contributed by atoms with Crippen LogP contribution in [0.15, 0.2) is 32.2 Å². The van der Waals surface area contributed by atoms with Gasteiger partial charge in [-0.05, 0) is 44.7 Å². The Bertz CT molecular complexity index is 439. The molecule has 118 valence electrons. The highest BCUT2D eigenvalue weighted by Crippen LogP contribution is 2.22. The fourth-order valence-corrected chi connectivity index (χ4v) is 2.62. The van der Waals surface area contributed by atoms with Crippen molar-refractivity contribution in [2.24, 2.45) is 16.0 Å². The molecule has 0 aromatic carbocycles. The molecule has 1 aliphatic heterocycles. The van der Waals surface area contributed by atoms with Crippen molar-refractivity contribution >= 4 is 35.7 Å². The van der Waals surface area contributed by atoms with Crippen molar-refractivity contribution in [3.8, 4) is 0 Å². The smallest absolute Gasteiger partial charge is 0.225 e. The molecule has 0 aromatic heterocycles. The van der Waals surface area contributed by atoms with Crippen molar-refractivity contribution in [2.75, 3.05) is 13.1 Å². The Labute approximate surface area is 137 Å². The SMILES string of the molecule is C/C=C\C(SNC(=NCCC)N1CC(CC)C=N1)=C(/C)Cl. The number of nitrogens with zero attached hydrogens (tertiary/aromatic N) is 3. The van der Waals surface area contributed by atoms with Crippen LogP contribution in [-0.4, -0.2) is 30.3 Å². The van der Waals surface area contributed by atoms with Crippen LogP contribution in [-0.2, 0) is 0 Å². The summed E-state index contributed by atoms with van der Waals surface area (Å²) in [5.74, 6) is 1.30. The molecule has 0 amide bonds. The van der Waals surface area contributed by atoms with Gasteiger partial charge >= 0.3 is 0 Å². The number of nitrogens with one attached hydrogen (secondary N) is 1. The second-order valence-electron chi connectivity index (χ2n) is 4.82. The van der Waals surface area contributed by atoms with E-state index in [1.165, 1.54) is 11.9 Å². The molecule has 1 N–H and O–H groups in total. The fourth-order valence-electron chi connectivity index (χ4n) is 1.72. The summed E-state index contributed by atoms with van der Waals surface area (Å²) in [7, 11) is 0. The van der Waals surface area contributed by atoms with E-state index in [-0.39, 0.29) is 0 Å². The molecule has 1 aliphatic rings. The molecule has 0 saturated heterocycles. The van der Waals surface area contributed by atoms with Crippen molar-refractivity contribution in [2.45, 2.75) is 40.5 Å². The summed E-state index contributed by atoms with van der Waals surface area (Å²) < 4.78 is 3.29. The highest BCUT2D eigenvalue weighted by Gasteiger charge is 2.20. The molecular formula is C15H25ClN4S. The molecule has 0 aromatic rings. The minimum absolute atomic E-state index is 0.504. The van der Waals surface area contributed by atoms with Crippen LogP contribution in [0.5, 0.6) is 0 Å². The lowest BCUT2D eigenvalue weighted by molar-refractivity contribution is 0.431. The monoisotopic (exact) mass is 328 g/mol. The minimum atomic E-state index is 0.504. The third-order valence-electron chi connectivity index (χ3n) is 2.99. The van der Waals surface area contributed by atoms with Gasteiger partial charge in [0.1, 0.15) is 0 Å². The third kappa shape index (κ3) is 6.14. The summed E-state index contributed by atoms with van der Waals surface area (Å²) in [5, 5.41) is 7.14. The van der Waals surface area contributed by atoms with Gasteiger partial charge in [-0.1, -0.05) is 31.5 Å². The van der Waals surface area contributed by atoms with E-state index in [0.29, 0.717) is 5.92 Å². The van der Waals surface area contributed by atoms with Gasteiger partial charge in [-0.15, -0.1) is 0 Å².